The molecule has 1 aliphatic heterocycles. The van der Waals surface area contributed by atoms with Crippen molar-refractivity contribution in [2.24, 2.45) is 0 Å². The predicted molar refractivity (Wildman–Crippen MR) is 90.2 cm³/mol. The molecule has 1 aromatic heterocycles. The van der Waals surface area contributed by atoms with Crippen LogP contribution in [-0.4, -0.2) is 34.3 Å². The SMILES string of the molecule is O=C(Nc1nccs1)C1CCCN1C(=O)CCc1cc(F)ccc1F. The molecule has 1 unspecified atom stereocenters. The summed E-state index contributed by atoms with van der Waals surface area (Å²) < 4.78 is 26.9. The van der Waals surface area contributed by atoms with E-state index in [-0.39, 0.29) is 30.2 Å². The van der Waals surface area contributed by atoms with Crippen molar-refractivity contribution in [3.8, 4) is 0 Å². The average molecular weight is 365 g/mol. The maximum Gasteiger partial charge on any atom is 0.248 e. The minimum atomic E-state index is -0.547. The number of carbonyl (C=O) groups is 2. The smallest absolute Gasteiger partial charge is 0.248 e. The van der Waals surface area contributed by atoms with Gasteiger partial charge in [-0.3, -0.25) is 9.59 Å². The van der Waals surface area contributed by atoms with Crippen LogP contribution in [0.5, 0.6) is 0 Å². The highest BCUT2D eigenvalue weighted by Crippen LogP contribution is 2.22. The van der Waals surface area contributed by atoms with Gasteiger partial charge in [-0.1, -0.05) is 0 Å². The van der Waals surface area contributed by atoms with E-state index in [0.717, 1.165) is 24.6 Å². The molecule has 0 radical (unpaired) electrons. The molecule has 1 atom stereocenters. The van der Waals surface area contributed by atoms with E-state index in [2.05, 4.69) is 10.3 Å². The van der Waals surface area contributed by atoms with Crippen LogP contribution in [0, 0.1) is 11.6 Å². The van der Waals surface area contributed by atoms with Crippen molar-refractivity contribution in [2.45, 2.75) is 31.7 Å². The molecular weight excluding hydrogens is 348 g/mol. The van der Waals surface area contributed by atoms with Crippen LogP contribution < -0.4 is 5.32 Å². The minimum Gasteiger partial charge on any atom is -0.331 e. The molecule has 3 rings (SSSR count). The zero-order chi connectivity index (χ0) is 17.8. The van der Waals surface area contributed by atoms with E-state index in [0.29, 0.717) is 18.1 Å². The number of likely N-dealkylation sites (tertiary alicyclic amines) is 1. The summed E-state index contributed by atoms with van der Waals surface area (Å²) >= 11 is 1.31. The number of anilines is 1. The Morgan fingerprint density at radius 3 is 2.96 bits per heavy atom. The van der Waals surface area contributed by atoms with Crippen molar-refractivity contribution in [3.63, 3.8) is 0 Å². The first-order valence-corrected chi connectivity index (χ1v) is 8.86. The third-order valence-electron chi connectivity index (χ3n) is 4.15. The van der Waals surface area contributed by atoms with Gasteiger partial charge in [-0.15, -0.1) is 11.3 Å². The summed E-state index contributed by atoms with van der Waals surface area (Å²) in [6, 6.07) is 2.64. The second kappa shape index (κ2) is 7.69. The van der Waals surface area contributed by atoms with Gasteiger partial charge in [0, 0.05) is 24.5 Å². The lowest BCUT2D eigenvalue weighted by Gasteiger charge is -2.23. The predicted octanol–water partition coefficient (Wildman–Crippen LogP) is 2.98. The van der Waals surface area contributed by atoms with E-state index in [1.54, 1.807) is 11.6 Å². The molecule has 0 spiro atoms. The third kappa shape index (κ3) is 4.19. The van der Waals surface area contributed by atoms with Gasteiger partial charge in [-0.25, -0.2) is 13.8 Å². The van der Waals surface area contributed by atoms with E-state index in [4.69, 9.17) is 0 Å². The number of aryl methyl sites for hydroxylation is 1. The number of hydrogen-bond donors (Lipinski definition) is 1. The molecule has 25 heavy (non-hydrogen) atoms. The highest BCUT2D eigenvalue weighted by Gasteiger charge is 2.34. The van der Waals surface area contributed by atoms with Gasteiger partial charge in [0.05, 0.1) is 0 Å². The number of nitrogens with zero attached hydrogens (tertiary/aromatic N) is 2. The molecular formula is C17H17F2N3O2S. The van der Waals surface area contributed by atoms with Crippen LogP contribution in [0.1, 0.15) is 24.8 Å². The highest BCUT2D eigenvalue weighted by atomic mass is 32.1. The Kier molecular flexibility index (Phi) is 5.37. The van der Waals surface area contributed by atoms with Crippen molar-refractivity contribution in [3.05, 3.63) is 47.0 Å². The van der Waals surface area contributed by atoms with Crippen LogP contribution in [0.4, 0.5) is 13.9 Å². The first kappa shape index (κ1) is 17.5. The highest BCUT2D eigenvalue weighted by molar-refractivity contribution is 7.13. The van der Waals surface area contributed by atoms with Crippen molar-refractivity contribution < 1.29 is 18.4 Å². The summed E-state index contributed by atoms with van der Waals surface area (Å²) in [5.74, 6) is -1.57. The van der Waals surface area contributed by atoms with Gasteiger partial charge < -0.3 is 10.2 Å². The van der Waals surface area contributed by atoms with Crippen LogP contribution >= 0.6 is 11.3 Å². The monoisotopic (exact) mass is 365 g/mol. The summed E-state index contributed by atoms with van der Waals surface area (Å²) in [5, 5.41) is 4.95. The number of aromatic nitrogens is 1. The van der Waals surface area contributed by atoms with Gasteiger partial charge in [0.1, 0.15) is 17.7 Å². The van der Waals surface area contributed by atoms with Gasteiger partial charge >= 0.3 is 0 Å². The van der Waals surface area contributed by atoms with Crippen molar-refractivity contribution in [1.29, 1.82) is 0 Å². The maximum atomic E-state index is 13.7. The summed E-state index contributed by atoms with van der Waals surface area (Å²) in [6.07, 6.45) is 3.03. The second-order valence-electron chi connectivity index (χ2n) is 5.81. The standard InChI is InChI=1S/C17H17F2N3O2S/c18-12-4-5-13(19)11(10-12)3-6-15(23)22-8-1-2-14(22)16(24)21-17-20-7-9-25-17/h4-5,7,9-10,14H,1-3,6,8H2,(H,20,21,24). The lowest BCUT2D eigenvalue weighted by atomic mass is 10.1. The molecule has 2 heterocycles. The fraction of sp³-hybridized carbons (Fsp3) is 0.353. The number of benzene rings is 1. The van der Waals surface area contributed by atoms with E-state index in [1.807, 2.05) is 0 Å². The van der Waals surface area contributed by atoms with Crippen molar-refractivity contribution in [1.82, 2.24) is 9.88 Å². The van der Waals surface area contributed by atoms with Gasteiger partial charge in [0.15, 0.2) is 5.13 Å². The molecule has 8 heteroatoms. The Morgan fingerprint density at radius 1 is 1.36 bits per heavy atom. The van der Waals surface area contributed by atoms with Gasteiger partial charge in [0.2, 0.25) is 11.8 Å². The number of hydrogen-bond acceptors (Lipinski definition) is 4. The Balaban J connectivity index is 1.60. The minimum absolute atomic E-state index is 0.0292. The van der Waals surface area contributed by atoms with Crippen LogP contribution in [0.3, 0.4) is 0 Å². The van der Waals surface area contributed by atoms with E-state index in [9.17, 15) is 18.4 Å². The van der Waals surface area contributed by atoms with E-state index < -0.39 is 17.7 Å². The average Bonchev–Trinajstić information content (AvgIpc) is 3.26. The zero-order valence-corrected chi connectivity index (χ0v) is 14.2. The second-order valence-corrected chi connectivity index (χ2v) is 6.70. The van der Waals surface area contributed by atoms with Crippen LogP contribution in [0.2, 0.25) is 0 Å². The lowest BCUT2D eigenvalue weighted by Crippen LogP contribution is -2.43. The van der Waals surface area contributed by atoms with Crippen LogP contribution in [-0.2, 0) is 16.0 Å². The number of nitrogens with one attached hydrogen (secondary N) is 1. The Bertz CT molecular complexity index is 767. The number of thiazole rings is 1. The number of halogens is 2. The molecule has 0 saturated carbocycles. The molecule has 0 bridgehead atoms. The first-order chi connectivity index (χ1) is 12.0. The fourth-order valence-electron chi connectivity index (χ4n) is 2.93. The van der Waals surface area contributed by atoms with Gasteiger partial charge in [-0.2, -0.15) is 0 Å². The van der Waals surface area contributed by atoms with Crippen LogP contribution in [0.25, 0.3) is 0 Å². The molecule has 1 aromatic carbocycles. The first-order valence-electron chi connectivity index (χ1n) is 7.98. The Morgan fingerprint density at radius 2 is 2.20 bits per heavy atom. The molecule has 1 aliphatic rings. The summed E-state index contributed by atoms with van der Waals surface area (Å²) in [4.78, 5) is 30.3. The lowest BCUT2D eigenvalue weighted by molar-refractivity contribution is -0.136. The molecule has 1 N–H and O–H groups in total. The quantitative estimate of drug-likeness (QED) is 0.886. The van der Waals surface area contributed by atoms with E-state index in [1.165, 1.54) is 16.2 Å². The summed E-state index contributed by atoms with van der Waals surface area (Å²) in [5.41, 5.74) is 0.163. The number of carbonyl (C=O) groups excluding carboxylic acids is 2. The number of rotatable bonds is 5. The normalized spacial score (nSPS) is 16.9. The molecule has 1 saturated heterocycles. The zero-order valence-electron chi connectivity index (χ0n) is 13.4. The summed E-state index contributed by atoms with van der Waals surface area (Å²) in [6.45, 7) is 0.487. The Labute approximate surface area is 147 Å². The number of amides is 2. The van der Waals surface area contributed by atoms with Crippen molar-refractivity contribution >= 4 is 28.3 Å². The molecule has 2 amide bonds. The van der Waals surface area contributed by atoms with Gasteiger partial charge in [-0.05, 0) is 43.0 Å². The molecule has 1 fully saturated rings. The van der Waals surface area contributed by atoms with Crippen molar-refractivity contribution in [2.75, 3.05) is 11.9 Å². The molecule has 0 aliphatic carbocycles. The fourth-order valence-corrected chi connectivity index (χ4v) is 3.46. The Hall–Kier alpha value is -2.35. The van der Waals surface area contributed by atoms with Crippen LogP contribution in [0.15, 0.2) is 29.8 Å². The maximum absolute atomic E-state index is 13.7. The summed E-state index contributed by atoms with van der Waals surface area (Å²) in [7, 11) is 0. The van der Waals surface area contributed by atoms with E-state index >= 15 is 0 Å². The molecule has 132 valence electrons. The van der Waals surface area contributed by atoms with Gasteiger partial charge in [0.25, 0.3) is 0 Å². The molecule has 2 aromatic rings. The largest absolute Gasteiger partial charge is 0.331 e. The molecule has 5 nitrogen and oxygen atoms in total. The third-order valence-corrected chi connectivity index (χ3v) is 4.84. The topological polar surface area (TPSA) is 62.3 Å².